The first-order valence-corrected chi connectivity index (χ1v) is 4.61. The zero-order chi connectivity index (χ0) is 9.26. The normalized spacial score (nSPS) is 22.5. The van der Waals surface area contributed by atoms with Crippen LogP contribution in [0.15, 0.2) is 6.20 Å². The SMILES string of the molecule is Cn1cc(CN)c(C2CCOC2)n1. The molecule has 1 aliphatic rings. The molecule has 13 heavy (non-hydrogen) atoms. The lowest BCUT2D eigenvalue weighted by molar-refractivity contribution is 0.193. The van der Waals surface area contributed by atoms with Crippen LogP contribution < -0.4 is 5.73 Å². The van der Waals surface area contributed by atoms with Crippen molar-refractivity contribution in [2.75, 3.05) is 13.2 Å². The lowest BCUT2D eigenvalue weighted by Crippen LogP contribution is -2.05. The molecule has 1 unspecified atom stereocenters. The van der Waals surface area contributed by atoms with Crippen LogP contribution >= 0.6 is 0 Å². The van der Waals surface area contributed by atoms with Crippen LogP contribution in [0, 0.1) is 0 Å². The fourth-order valence-corrected chi connectivity index (χ4v) is 1.81. The molecule has 4 nitrogen and oxygen atoms in total. The zero-order valence-electron chi connectivity index (χ0n) is 7.86. The average Bonchev–Trinajstić information content (AvgIpc) is 2.71. The van der Waals surface area contributed by atoms with Crippen molar-refractivity contribution in [3.8, 4) is 0 Å². The van der Waals surface area contributed by atoms with Crippen molar-refractivity contribution in [2.24, 2.45) is 12.8 Å². The second-order valence-corrected chi connectivity index (χ2v) is 3.48. The third-order valence-corrected chi connectivity index (χ3v) is 2.47. The Balaban J connectivity index is 2.26. The van der Waals surface area contributed by atoms with E-state index < -0.39 is 0 Å². The van der Waals surface area contributed by atoms with Gasteiger partial charge in [-0.2, -0.15) is 5.10 Å². The number of ether oxygens (including phenoxy) is 1. The highest BCUT2D eigenvalue weighted by Gasteiger charge is 2.22. The molecular weight excluding hydrogens is 166 g/mol. The van der Waals surface area contributed by atoms with Crippen molar-refractivity contribution < 1.29 is 4.74 Å². The minimum Gasteiger partial charge on any atom is -0.381 e. The molecule has 0 spiro atoms. The van der Waals surface area contributed by atoms with Crippen molar-refractivity contribution >= 4 is 0 Å². The van der Waals surface area contributed by atoms with E-state index >= 15 is 0 Å². The minimum absolute atomic E-state index is 0.458. The van der Waals surface area contributed by atoms with E-state index in [4.69, 9.17) is 10.5 Å². The van der Waals surface area contributed by atoms with Gasteiger partial charge in [0.05, 0.1) is 12.3 Å². The number of aryl methyl sites for hydroxylation is 1. The Morgan fingerprint density at radius 2 is 2.62 bits per heavy atom. The maximum atomic E-state index is 5.64. The third-order valence-electron chi connectivity index (χ3n) is 2.47. The second-order valence-electron chi connectivity index (χ2n) is 3.48. The number of nitrogens with two attached hydrogens (primary N) is 1. The molecule has 1 aromatic heterocycles. The molecule has 0 amide bonds. The Morgan fingerprint density at radius 1 is 1.77 bits per heavy atom. The number of hydrogen-bond acceptors (Lipinski definition) is 3. The maximum absolute atomic E-state index is 5.64. The molecule has 0 bridgehead atoms. The molecule has 2 rings (SSSR count). The van der Waals surface area contributed by atoms with Crippen LogP contribution in [-0.2, 0) is 18.3 Å². The lowest BCUT2D eigenvalue weighted by Gasteiger charge is -2.04. The van der Waals surface area contributed by atoms with Gasteiger partial charge in [0.1, 0.15) is 0 Å². The van der Waals surface area contributed by atoms with Crippen LogP contribution in [-0.4, -0.2) is 23.0 Å². The summed E-state index contributed by atoms with van der Waals surface area (Å²) in [5.41, 5.74) is 7.92. The van der Waals surface area contributed by atoms with Crippen LogP contribution in [0.5, 0.6) is 0 Å². The van der Waals surface area contributed by atoms with Crippen LogP contribution in [0.25, 0.3) is 0 Å². The predicted molar refractivity (Wildman–Crippen MR) is 49.3 cm³/mol. The Kier molecular flexibility index (Phi) is 2.33. The predicted octanol–water partition coefficient (Wildman–Crippen LogP) is 0.383. The topological polar surface area (TPSA) is 53.1 Å². The molecule has 0 radical (unpaired) electrons. The molecule has 2 heterocycles. The van der Waals surface area contributed by atoms with Gasteiger partial charge >= 0.3 is 0 Å². The van der Waals surface area contributed by atoms with E-state index in [0.717, 1.165) is 30.9 Å². The van der Waals surface area contributed by atoms with Gasteiger partial charge < -0.3 is 10.5 Å². The van der Waals surface area contributed by atoms with Gasteiger partial charge in [0.25, 0.3) is 0 Å². The molecule has 0 aliphatic carbocycles. The van der Waals surface area contributed by atoms with Crippen molar-refractivity contribution in [3.05, 3.63) is 17.5 Å². The first-order chi connectivity index (χ1) is 6.31. The number of rotatable bonds is 2. The van der Waals surface area contributed by atoms with Gasteiger partial charge in [-0.25, -0.2) is 0 Å². The summed E-state index contributed by atoms with van der Waals surface area (Å²) in [6.45, 7) is 2.22. The van der Waals surface area contributed by atoms with E-state index in [1.807, 2.05) is 17.9 Å². The number of nitrogens with zero attached hydrogens (tertiary/aromatic N) is 2. The molecule has 1 aromatic rings. The summed E-state index contributed by atoms with van der Waals surface area (Å²) in [6.07, 6.45) is 3.07. The van der Waals surface area contributed by atoms with Crippen LogP contribution in [0.2, 0.25) is 0 Å². The molecule has 1 atom stereocenters. The summed E-state index contributed by atoms with van der Waals surface area (Å²) < 4.78 is 7.16. The molecule has 4 heteroatoms. The van der Waals surface area contributed by atoms with E-state index in [1.165, 1.54) is 0 Å². The summed E-state index contributed by atoms with van der Waals surface area (Å²) in [7, 11) is 1.93. The Bertz CT molecular complexity index is 289. The summed E-state index contributed by atoms with van der Waals surface area (Å²) in [5, 5.41) is 4.42. The van der Waals surface area contributed by atoms with E-state index in [2.05, 4.69) is 5.10 Å². The van der Waals surface area contributed by atoms with E-state index in [1.54, 1.807) is 0 Å². The standard InChI is InChI=1S/C9H15N3O/c1-12-5-8(4-10)9(11-12)7-2-3-13-6-7/h5,7H,2-4,6,10H2,1H3. The Morgan fingerprint density at radius 3 is 3.23 bits per heavy atom. The lowest BCUT2D eigenvalue weighted by atomic mass is 10.0. The smallest absolute Gasteiger partial charge is 0.0724 e. The molecular formula is C9H15N3O. The quantitative estimate of drug-likeness (QED) is 0.717. The summed E-state index contributed by atoms with van der Waals surface area (Å²) >= 11 is 0. The van der Waals surface area contributed by atoms with Crippen molar-refractivity contribution in [1.29, 1.82) is 0 Å². The largest absolute Gasteiger partial charge is 0.381 e. The van der Waals surface area contributed by atoms with Gasteiger partial charge in [0.15, 0.2) is 0 Å². The Hall–Kier alpha value is -0.870. The van der Waals surface area contributed by atoms with Gasteiger partial charge in [-0.3, -0.25) is 4.68 Å². The van der Waals surface area contributed by atoms with Gasteiger partial charge in [-0.15, -0.1) is 0 Å². The van der Waals surface area contributed by atoms with E-state index in [9.17, 15) is 0 Å². The van der Waals surface area contributed by atoms with Crippen molar-refractivity contribution in [3.63, 3.8) is 0 Å². The Labute approximate surface area is 77.7 Å². The first-order valence-electron chi connectivity index (χ1n) is 4.61. The van der Waals surface area contributed by atoms with Gasteiger partial charge in [-0.1, -0.05) is 0 Å². The van der Waals surface area contributed by atoms with E-state index in [-0.39, 0.29) is 0 Å². The fourth-order valence-electron chi connectivity index (χ4n) is 1.81. The number of hydrogen-bond donors (Lipinski definition) is 1. The third kappa shape index (κ3) is 1.59. The molecule has 0 aromatic carbocycles. The van der Waals surface area contributed by atoms with Crippen LogP contribution in [0.3, 0.4) is 0 Å². The van der Waals surface area contributed by atoms with Gasteiger partial charge in [0.2, 0.25) is 0 Å². The highest BCUT2D eigenvalue weighted by atomic mass is 16.5. The van der Waals surface area contributed by atoms with Crippen molar-refractivity contribution in [2.45, 2.75) is 18.9 Å². The highest BCUT2D eigenvalue weighted by molar-refractivity contribution is 5.21. The molecule has 1 saturated heterocycles. The highest BCUT2D eigenvalue weighted by Crippen LogP contribution is 2.26. The number of aromatic nitrogens is 2. The monoisotopic (exact) mass is 181 g/mol. The summed E-state index contributed by atoms with van der Waals surface area (Å²) in [6, 6.07) is 0. The average molecular weight is 181 g/mol. The zero-order valence-corrected chi connectivity index (χ0v) is 7.86. The molecule has 1 aliphatic heterocycles. The van der Waals surface area contributed by atoms with Gasteiger partial charge in [-0.05, 0) is 6.42 Å². The van der Waals surface area contributed by atoms with Gasteiger partial charge in [0, 0.05) is 37.9 Å². The summed E-state index contributed by atoms with van der Waals surface area (Å²) in [5.74, 6) is 0.458. The fraction of sp³-hybridized carbons (Fsp3) is 0.667. The summed E-state index contributed by atoms with van der Waals surface area (Å²) in [4.78, 5) is 0. The molecule has 1 fully saturated rings. The second kappa shape index (κ2) is 3.47. The van der Waals surface area contributed by atoms with Crippen molar-refractivity contribution in [1.82, 2.24) is 9.78 Å². The van der Waals surface area contributed by atoms with E-state index in [0.29, 0.717) is 12.5 Å². The first kappa shape index (κ1) is 8.72. The molecule has 0 saturated carbocycles. The molecule has 72 valence electrons. The van der Waals surface area contributed by atoms with Crippen LogP contribution in [0.1, 0.15) is 23.6 Å². The van der Waals surface area contributed by atoms with Crippen LogP contribution in [0.4, 0.5) is 0 Å². The maximum Gasteiger partial charge on any atom is 0.0724 e. The minimum atomic E-state index is 0.458. The molecule has 2 N–H and O–H groups in total.